The summed E-state index contributed by atoms with van der Waals surface area (Å²) < 4.78 is 5.19. The van der Waals surface area contributed by atoms with E-state index in [1.807, 2.05) is 35.7 Å². The first-order valence-corrected chi connectivity index (χ1v) is 10.1. The van der Waals surface area contributed by atoms with Crippen LogP contribution in [0.5, 0.6) is 6.01 Å². The van der Waals surface area contributed by atoms with Crippen LogP contribution < -0.4 is 15.0 Å². The van der Waals surface area contributed by atoms with Gasteiger partial charge in [-0.05, 0) is 42.0 Å². The third kappa shape index (κ3) is 4.12. The maximum absolute atomic E-state index is 12.5. The molecule has 0 saturated carbocycles. The lowest BCUT2D eigenvalue weighted by molar-refractivity contribution is 0.0949. The van der Waals surface area contributed by atoms with Gasteiger partial charge in [0, 0.05) is 23.5 Å². The summed E-state index contributed by atoms with van der Waals surface area (Å²) in [4.78, 5) is 28.8. The Morgan fingerprint density at radius 3 is 2.61 bits per heavy atom. The maximum atomic E-state index is 12.5. The van der Waals surface area contributed by atoms with Crippen LogP contribution in [0.4, 0.5) is 5.95 Å². The van der Waals surface area contributed by atoms with E-state index in [2.05, 4.69) is 31.2 Å². The molecule has 1 saturated heterocycles. The molecule has 8 heteroatoms. The number of nitrogens with one attached hydrogen (secondary N) is 1. The molecule has 1 N–H and O–H groups in total. The number of rotatable bonds is 6. The average molecular weight is 395 g/mol. The van der Waals surface area contributed by atoms with E-state index in [4.69, 9.17) is 4.74 Å². The van der Waals surface area contributed by atoms with Crippen molar-refractivity contribution in [2.45, 2.75) is 19.4 Å². The third-order valence-electron chi connectivity index (χ3n) is 4.58. The second-order valence-corrected chi connectivity index (χ2v) is 7.42. The van der Waals surface area contributed by atoms with Crippen molar-refractivity contribution in [1.82, 2.24) is 20.3 Å². The third-order valence-corrected chi connectivity index (χ3v) is 5.50. The average Bonchev–Trinajstić information content (AvgIpc) is 3.46. The second-order valence-electron chi connectivity index (χ2n) is 6.47. The molecule has 0 unspecified atom stereocenters. The number of anilines is 1. The SMILES string of the molecule is COc1nc(CNC(=O)c2ccc(-c3cccs3)cc2)nc(N2CCCC2)n1. The molecule has 1 aliphatic heterocycles. The van der Waals surface area contributed by atoms with Gasteiger partial charge in [0.2, 0.25) is 5.95 Å². The van der Waals surface area contributed by atoms with Crippen LogP contribution in [0.15, 0.2) is 41.8 Å². The van der Waals surface area contributed by atoms with E-state index < -0.39 is 0 Å². The van der Waals surface area contributed by atoms with E-state index >= 15 is 0 Å². The Morgan fingerprint density at radius 2 is 1.93 bits per heavy atom. The highest BCUT2D eigenvalue weighted by Gasteiger charge is 2.18. The molecule has 1 amide bonds. The topological polar surface area (TPSA) is 80.2 Å². The van der Waals surface area contributed by atoms with Crippen LogP contribution >= 0.6 is 11.3 Å². The van der Waals surface area contributed by atoms with Crippen LogP contribution in [0.2, 0.25) is 0 Å². The van der Waals surface area contributed by atoms with Crippen LogP contribution in [-0.2, 0) is 6.54 Å². The number of carbonyl (C=O) groups excluding carboxylic acids is 1. The molecule has 4 rings (SSSR count). The van der Waals surface area contributed by atoms with Gasteiger partial charge in [0.1, 0.15) is 0 Å². The van der Waals surface area contributed by atoms with Crippen molar-refractivity contribution in [3.63, 3.8) is 0 Å². The zero-order chi connectivity index (χ0) is 19.3. The van der Waals surface area contributed by atoms with Gasteiger partial charge >= 0.3 is 6.01 Å². The fourth-order valence-electron chi connectivity index (χ4n) is 3.11. The van der Waals surface area contributed by atoms with Gasteiger partial charge in [-0.25, -0.2) is 0 Å². The molecular formula is C20H21N5O2S. The fourth-order valence-corrected chi connectivity index (χ4v) is 3.84. The largest absolute Gasteiger partial charge is 0.467 e. The van der Waals surface area contributed by atoms with Crippen molar-refractivity contribution < 1.29 is 9.53 Å². The number of amides is 1. The van der Waals surface area contributed by atoms with E-state index in [1.54, 1.807) is 11.3 Å². The number of thiophene rings is 1. The normalized spacial score (nSPS) is 13.5. The number of benzene rings is 1. The Morgan fingerprint density at radius 1 is 1.14 bits per heavy atom. The Hall–Kier alpha value is -3.00. The van der Waals surface area contributed by atoms with E-state index in [0.29, 0.717) is 17.3 Å². The number of ether oxygens (including phenoxy) is 1. The monoisotopic (exact) mass is 395 g/mol. The lowest BCUT2D eigenvalue weighted by Crippen LogP contribution is -2.26. The molecule has 2 aromatic heterocycles. The van der Waals surface area contributed by atoms with Crippen molar-refractivity contribution in [1.29, 1.82) is 0 Å². The fraction of sp³-hybridized carbons (Fsp3) is 0.300. The molecule has 7 nitrogen and oxygen atoms in total. The number of methoxy groups -OCH3 is 1. The standard InChI is InChI=1S/C20H21N5O2S/c1-27-20-23-17(22-19(24-20)25-10-2-3-11-25)13-21-18(26)15-8-6-14(7-9-15)16-5-4-12-28-16/h4-9,12H,2-3,10-11,13H2,1H3,(H,21,26). The minimum Gasteiger partial charge on any atom is -0.467 e. The van der Waals surface area contributed by atoms with Crippen LogP contribution in [0.3, 0.4) is 0 Å². The zero-order valence-electron chi connectivity index (χ0n) is 15.6. The second kappa shape index (κ2) is 8.35. The van der Waals surface area contributed by atoms with Crippen LogP contribution in [0.25, 0.3) is 10.4 Å². The number of carbonyl (C=O) groups is 1. The Balaban J connectivity index is 1.43. The minimum atomic E-state index is -0.167. The molecule has 0 bridgehead atoms. The van der Waals surface area contributed by atoms with Gasteiger partial charge in [0.15, 0.2) is 5.82 Å². The predicted molar refractivity (Wildman–Crippen MR) is 109 cm³/mol. The highest BCUT2D eigenvalue weighted by molar-refractivity contribution is 7.13. The van der Waals surface area contributed by atoms with Gasteiger partial charge in [-0.15, -0.1) is 11.3 Å². The number of hydrogen-bond donors (Lipinski definition) is 1. The minimum absolute atomic E-state index is 0.167. The lowest BCUT2D eigenvalue weighted by atomic mass is 10.1. The van der Waals surface area contributed by atoms with E-state index in [9.17, 15) is 4.79 Å². The first-order valence-electron chi connectivity index (χ1n) is 9.19. The first kappa shape index (κ1) is 18.4. The highest BCUT2D eigenvalue weighted by atomic mass is 32.1. The molecule has 0 spiro atoms. The van der Waals surface area contributed by atoms with Crippen LogP contribution in [0, 0.1) is 0 Å². The Bertz CT molecular complexity index is 938. The van der Waals surface area contributed by atoms with Crippen molar-refractivity contribution in [2.24, 2.45) is 0 Å². The molecule has 3 heterocycles. The molecule has 144 valence electrons. The van der Waals surface area contributed by atoms with Crippen LogP contribution in [-0.4, -0.2) is 41.1 Å². The Labute approximate surface area is 167 Å². The van der Waals surface area contributed by atoms with E-state index in [-0.39, 0.29) is 18.5 Å². The van der Waals surface area contributed by atoms with Gasteiger partial charge < -0.3 is 15.0 Å². The molecular weight excluding hydrogens is 374 g/mol. The smallest absolute Gasteiger partial charge is 0.321 e. The zero-order valence-corrected chi connectivity index (χ0v) is 16.4. The summed E-state index contributed by atoms with van der Waals surface area (Å²) in [7, 11) is 1.53. The van der Waals surface area contributed by atoms with Crippen molar-refractivity contribution in [2.75, 3.05) is 25.1 Å². The van der Waals surface area contributed by atoms with Gasteiger partial charge in [0.25, 0.3) is 5.91 Å². The molecule has 28 heavy (non-hydrogen) atoms. The summed E-state index contributed by atoms with van der Waals surface area (Å²) in [6.07, 6.45) is 2.25. The molecule has 1 fully saturated rings. The predicted octanol–water partition coefficient (Wildman–Crippen LogP) is 3.14. The molecule has 0 radical (unpaired) electrons. The summed E-state index contributed by atoms with van der Waals surface area (Å²) in [5, 5.41) is 4.91. The number of hydrogen-bond acceptors (Lipinski definition) is 7. The van der Waals surface area contributed by atoms with E-state index in [1.165, 1.54) is 12.0 Å². The summed E-state index contributed by atoms with van der Waals surface area (Å²) >= 11 is 1.67. The van der Waals surface area contributed by atoms with Crippen molar-refractivity contribution in [3.8, 4) is 16.5 Å². The van der Waals surface area contributed by atoms with Gasteiger partial charge in [-0.2, -0.15) is 15.0 Å². The van der Waals surface area contributed by atoms with Crippen molar-refractivity contribution >= 4 is 23.2 Å². The highest BCUT2D eigenvalue weighted by Crippen LogP contribution is 2.24. The lowest BCUT2D eigenvalue weighted by Gasteiger charge is -2.16. The molecule has 1 aromatic carbocycles. The van der Waals surface area contributed by atoms with Gasteiger partial charge in [0.05, 0.1) is 13.7 Å². The summed E-state index contributed by atoms with van der Waals surface area (Å²) in [5.74, 6) is 0.922. The summed E-state index contributed by atoms with van der Waals surface area (Å²) in [6, 6.07) is 11.9. The van der Waals surface area contributed by atoms with Crippen molar-refractivity contribution in [3.05, 3.63) is 53.2 Å². The maximum Gasteiger partial charge on any atom is 0.321 e. The van der Waals surface area contributed by atoms with Gasteiger partial charge in [-0.1, -0.05) is 18.2 Å². The molecule has 0 aliphatic carbocycles. The van der Waals surface area contributed by atoms with Crippen LogP contribution in [0.1, 0.15) is 29.0 Å². The quantitative estimate of drug-likeness (QED) is 0.691. The molecule has 3 aromatic rings. The van der Waals surface area contributed by atoms with E-state index in [0.717, 1.165) is 31.5 Å². The number of nitrogens with zero attached hydrogens (tertiary/aromatic N) is 4. The number of aromatic nitrogens is 3. The molecule has 1 aliphatic rings. The first-order chi connectivity index (χ1) is 13.7. The molecule has 0 atom stereocenters. The summed E-state index contributed by atoms with van der Waals surface area (Å²) in [6.45, 7) is 2.07. The summed E-state index contributed by atoms with van der Waals surface area (Å²) in [5.41, 5.74) is 1.70. The van der Waals surface area contributed by atoms with Gasteiger partial charge in [-0.3, -0.25) is 4.79 Å². The Kier molecular flexibility index (Phi) is 5.48.